The zero-order valence-electron chi connectivity index (χ0n) is 10.4. The molecule has 0 aliphatic heterocycles. The molecule has 0 radical (unpaired) electrons. The van der Waals surface area contributed by atoms with Crippen LogP contribution < -0.4 is 5.73 Å². The van der Waals surface area contributed by atoms with E-state index in [-0.39, 0.29) is 5.75 Å². The quantitative estimate of drug-likeness (QED) is 0.830. The molecule has 4 nitrogen and oxygen atoms in total. The summed E-state index contributed by atoms with van der Waals surface area (Å²) in [4.78, 5) is 0. The molecular formula is C13H17N3O. The standard InChI is InChI=1S/C13H17N3O/c1-8-6-11(17)4-5-13(8)16-10(3)12(7-14)9(2)15-16/h4-6,17H,7,14H2,1-3H3. The summed E-state index contributed by atoms with van der Waals surface area (Å²) in [6.07, 6.45) is 0. The van der Waals surface area contributed by atoms with Gasteiger partial charge in [-0.1, -0.05) is 0 Å². The molecule has 0 atom stereocenters. The lowest BCUT2D eigenvalue weighted by atomic mass is 10.1. The number of rotatable bonds is 2. The van der Waals surface area contributed by atoms with Crippen LogP contribution in [0.25, 0.3) is 5.69 Å². The predicted octanol–water partition coefficient (Wildman–Crippen LogP) is 1.96. The molecule has 0 aliphatic rings. The summed E-state index contributed by atoms with van der Waals surface area (Å²) in [6.45, 7) is 6.42. The molecule has 0 spiro atoms. The first kappa shape index (κ1) is 11.7. The third-order valence-corrected chi connectivity index (χ3v) is 3.05. The Labute approximate surface area is 101 Å². The minimum atomic E-state index is 0.270. The SMILES string of the molecule is Cc1cc(O)ccc1-n1nc(C)c(CN)c1C. The van der Waals surface area contributed by atoms with Gasteiger partial charge in [0.1, 0.15) is 5.75 Å². The van der Waals surface area contributed by atoms with Crippen molar-refractivity contribution in [3.63, 3.8) is 0 Å². The number of phenols is 1. The average Bonchev–Trinajstić information content (AvgIpc) is 2.54. The number of hydrogen-bond donors (Lipinski definition) is 2. The van der Waals surface area contributed by atoms with Crippen LogP contribution in [0.4, 0.5) is 0 Å². The van der Waals surface area contributed by atoms with Crippen molar-refractivity contribution in [2.45, 2.75) is 27.3 Å². The van der Waals surface area contributed by atoms with Crippen molar-refractivity contribution in [3.05, 3.63) is 40.7 Å². The molecule has 0 amide bonds. The van der Waals surface area contributed by atoms with E-state index in [0.29, 0.717) is 6.54 Å². The summed E-state index contributed by atoms with van der Waals surface area (Å²) in [7, 11) is 0. The summed E-state index contributed by atoms with van der Waals surface area (Å²) in [5, 5.41) is 13.9. The van der Waals surface area contributed by atoms with Crippen molar-refractivity contribution < 1.29 is 5.11 Å². The molecule has 0 saturated carbocycles. The van der Waals surface area contributed by atoms with Crippen molar-refractivity contribution in [1.82, 2.24) is 9.78 Å². The Morgan fingerprint density at radius 3 is 2.53 bits per heavy atom. The van der Waals surface area contributed by atoms with E-state index < -0.39 is 0 Å². The van der Waals surface area contributed by atoms with Gasteiger partial charge < -0.3 is 10.8 Å². The first-order chi connectivity index (χ1) is 8.04. The number of aromatic hydroxyl groups is 1. The van der Waals surface area contributed by atoms with Crippen molar-refractivity contribution in [2.24, 2.45) is 5.73 Å². The lowest BCUT2D eigenvalue weighted by Gasteiger charge is -2.08. The van der Waals surface area contributed by atoms with Crippen LogP contribution in [0.5, 0.6) is 5.75 Å². The zero-order chi connectivity index (χ0) is 12.6. The van der Waals surface area contributed by atoms with Crippen LogP contribution >= 0.6 is 0 Å². The molecular weight excluding hydrogens is 214 g/mol. The molecule has 4 heteroatoms. The van der Waals surface area contributed by atoms with Crippen LogP contribution in [-0.4, -0.2) is 14.9 Å². The maximum atomic E-state index is 9.41. The van der Waals surface area contributed by atoms with Crippen molar-refractivity contribution in [2.75, 3.05) is 0 Å². The fraction of sp³-hybridized carbons (Fsp3) is 0.308. The van der Waals surface area contributed by atoms with E-state index in [1.54, 1.807) is 12.1 Å². The molecule has 90 valence electrons. The number of benzene rings is 1. The van der Waals surface area contributed by atoms with E-state index in [1.807, 2.05) is 31.5 Å². The number of nitrogens with zero attached hydrogens (tertiary/aromatic N) is 2. The van der Waals surface area contributed by atoms with E-state index in [1.165, 1.54) is 0 Å². The highest BCUT2D eigenvalue weighted by Gasteiger charge is 2.12. The van der Waals surface area contributed by atoms with Gasteiger partial charge in [-0.15, -0.1) is 0 Å². The van der Waals surface area contributed by atoms with E-state index in [2.05, 4.69) is 5.10 Å². The molecule has 1 aromatic heterocycles. The van der Waals surface area contributed by atoms with Crippen LogP contribution in [0.2, 0.25) is 0 Å². The molecule has 1 heterocycles. The second-order valence-corrected chi connectivity index (χ2v) is 4.24. The van der Waals surface area contributed by atoms with Crippen LogP contribution in [0.3, 0.4) is 0 Å². The van der Waals surface area contributed by atoms with Gasteiger partial charge in [-0.05, 0) is 44.5 Å². The van der Waals surface area contributed by atoms with Gasteiger partial charge in [0, 0.05) is 17.8 Å². The predicted molar refractivity (Wildman–Crippen MR) is 67.3 cm³/mol. The van der Waals surface area contributed by atoms with E-state index in [9.17, 15) is 5.11 Å². The van der Waals surface area contributed by atoms with Crippen molar-refractivity contribution in [1.29, 1.82) is 0 Å². The summed E-state index contributed by atoms with van der Waals surface area (Å²) in [5.41, 5.74) is 10.8. The Balaban J connectivity index is 2.61. The number of aromatic nitrogens is 2. The second-order valence-electron chi connectivity index (χ2n) is 4.24. The average molecular weight is 231 g/mol. The topological polar surface area (TPSA) is 64.1 Å². The van der Waals surface area contributed by atoms with Crippen molar-refractivity contribution in [3.8, 4) is 11.4 Å². The Morgan fingerprint density at radius 2 is 2.00 bits per heavy atom. The van der Waals surface area contributed by atoms with E-state index in [0.717, 1.165) is 28.2 Å². The summed E-state index contributed by atoms with van der Waals surface area (Å²) in [6, 6.07) is 5.26. The fourth-order valence-corrected chi connectivity index (χ4v) is 2.08. The summed E-state index contributed by atoms with van der Waals surface area (Å²) in [5.74, 6) is 0.270. The van der Waals surface area contributed by atoms with Crippen molar-refractivity contribution >= 4 is 0 Å². The highest BCUT2D eigenvalue weighted by Crippen LogP contribution is 2.22. The third kappa shape index (κ3) is 1.91. The highest BCUT2D eigenvalue weighted by atomic mass is 16.3. The maximum absolute atomic E-state index is 9.41. The zero-order valence-corrected chi connectivity index (χ0v) is 10.4. The molecule has 1 aromatic carbocycles. The Morgan fingerprint density at radius 1 is 1.29 bits per heavy atom. The van der Waals surface area contributed by atoms with Crippen LogP contribution in [0.1, 0.15) is 22.5 Å². The highest BCUT2D eigenvalue weighted by molar-refractivity contribution is 5.46. The fourth-order valence-electron chi connectivity index (χ4n) is 2.08. The minimum Gasteiger partial charge on any atom is -0.508 e. The first-order valence-electron chi connectivity index (χ1n) is 5.59. The van der Waals surface area contributed by atoms with Gasteiger partial charge in [0.15, 0.2) is 0 Å². The van der Waals surface area contributed by atoms with Gasteiger partial charge >= 0.3 is 0 Å². The number of nitrogens with two attached hydrogens (primary N) is 1. The molecule has 3 N–H and O–H groups in total. The van der Waals surface area contributed by atoms with Crippen LogP contribution in [0, 0.1) is 20.8 Å². The van der Waals surface area contributed by atoms with Gasteiger partial charge in [-0.3, -0.25) is 0 Å². The smallest absolute Gasteiger partial charge is 0.115 e. The normalized spacial score (nSPS) is 10.8. The largest absolute Gasteiger partial charge is 0.508 e. The van der Waals surface area contributed by atoms with Crippen LogP contribution in [0.15, 0.2) is 18.2 Å². The maximum Gasteiger partial charge on any atom is 0.115 e. The number of aryl methyl sites for hydroxylation is 2. The molecule has 0 aliphatic carbocycles. The molecule has 0 bridgehead atoms. The van der Waals surface area contributed by atoms with E-state index >= 15 is 0 Å². The second kappa shape index (κ2) is 4.22. The Kier molecular flexibility index (Phi) is 2.90. The van der Waals surface area contributed by atoms with Crippen LogP contribution in [-0.2, 0) is 6.54 Å². The lowest BCUT2D eigenvalue weighted by Crippen LogP contribution is -2.03. The molecule has 2 rings (SSSR count). The summed E-state index contributed by atoms with van der Waals surface area (Å²) < 4.78 is 1.88. The van der Waals surface area contributed by atoms with E-state index in [4.69, 9.17) is 5.73 Å². The van der Waals surface area contributed by atoms with Gasteiger partial charge in [-0.25, -0.2) is 4.68 Å². The van der Waals surface area contributed by atoms with Gasteiger partial charge in [0.05, 0.1) is 11.4 Å². The van der Waals surface area contributed by atoms with Gasteiger partial charge in [0.2, 0.25) is 0 Å². The summed E-state index contributed by atoms with van der Waals surface area (Å²) >= 11 is 0. The van der Waals surface area contributed by atoms with Gasteiger partial charge in [-0.2, -0.15) is 5.10 Å². The Bertz CT molecular complexity index is 558. The molecule has 0 unspecified atom stereocenters. The van der Waals surface area contributed by atoms with Gasteiger partial charge in [0.25, 0.3) is 0 Å². The molecule has 2 aromatic rings. The number of phenolic OH excluding ortho intramolecular Hbond substituents is 1. The minimum absolute atomic E-state index is 0.270. The molecule has 0 fully saturated rings. The first-order valence-corrected chi connectivity index (χ1v) is 5.59. The monoisotopic (exact) mass is 231 g/mol. The third-order valence-electron chi connectivity index (χ3n) is 3.05. The number of hydrogen-bond acceptors (Lipinski definition) is 3. The lowest BCUT2D eigenvalue weighted by molar-refractivity contribution is 0.474. The molecule has 0 saturated heterocycles. The molecule has 17 heavy (non-hydrogen) atoms. The Hall–Kier alpha value is -1.81.